The van der Waals surface area contributed by atoms with Gasteiger partial charge in [-0.3, -0.25) is 4.79 Å². The number of carbonyl (C=O) groups excluding carboxylic acids is 2. The van der Waals surface area contributed by atoms with Gasteiger partial charge >= 0.3 is 12.6 Å². The van der Waals surface area contributed by atoms with Gasteiger partial charge in [-0.15, -0.1) is 5.10 Å². The Morgan fingerprint density at radius 3 is 2.21 bits per heavy atom. The summed E-state index contributed by atoms with van der Waals surface area (Å²) in [5.74, 6) is -1.22. The van der Waals surface area contributed by atoms with E-state index in [2.05, 4.69) is 20.3 Å². The van der Waals surface area contributed by atoms with Crippen molar-refractivity contribution in [3.8, 4) is 11.4 Å². The predicted octanol–water partition coefficient (Wildman–Crippen LogP) is 2.69. The van der Waals surface area contributed by atoms with E-state index >= 15 is 0 Å². The molecule has 0 aliphatic heterocycles. The molecule has 0 amide bonds. The van der Waals surface area contributed by atoms with Crippen LogP contribution in [0.1, 0.15) is 27.6 Å². The highest BCUT2D eigenvalue weighted by Gasteiger charge is 2.20. The molecule has 0 saturated heterocycles. The van der Waals surface area contributed by atoms with E-state index in [1.165, 1.54) is 54.3 Å². The highest BCUT2D eigenvalue weighted by molar-refractivity contribution is 6.01. The van der Waals surface area contributed by atoms with E-state index in [-0.39, 0.29) is 16.9 Å². The summed E-state index contributed by atoms with van der Waals surface area (Å²) in [7, 11) is 0. The monoisotopic (exact) mass is 388 g/mol. The molecule has 0 bridgehead atoms. The number of benzene rings is 2. The maximum absolute atomic E-state index is 12.4. The van der Waals surface area contributed by atoms with Gasteiger partial charge in [-0.05, 0) is 65.9 Å². The molecule has 0 saturated carbocycles. The minimum absolute atomic E-state index is 0.0705. The zero-order chi connectivity index (χ0) is 20.1. The molecular formula is C18H14F2N4O4. The first-order chi connectivity index (χ1) is 13.4. The molecule has 1 atom stereocenters. The van der Waals surface area contributed by atoms with E-state index in [1.54, 1.807) is 12.1 Å². The average molecular weight is 388 g/mol. The van der Waals surface area contributed by atoms with Crippen LogP contribution < -0.4 is 4.74 Å². The van der Waals surface area contributed by atoms with Crippen molar-refractivity contribution in [2.24, 2.45) is 0 Å². The summed E-state index contributed by atoms with van der Waals surface area (Å²) in [4.78, 5) is 24.6. The van der Waals surface area contributed by atoms with Crippen LogP contribution in [-0.2, 0) is 4.74 Å². The quantitative estimate of drug-likeness (QED) is 0.453. The van der Waals surface area contributed by atoms with Crippen LogP contribution in [0.4, 0.5) is 8.78 Å². The first-order valence-corrected chi connectivity index (χ1v) is 8.07. The minimum atomic E-state index is -2.95. The van der Waals surface area contributed by atoms with E-state index in [9.17, 15) is 18.4 Å². The molecule has 0 radical (unpaired) electrons. The second-order valence-electron chi connectivity index (χ2n) is 5.62. The fourth-order valence-corrected chi connectivity index (χ4v) is 2.35. The Bertz CT molecular complexity index is 945. The number of hydrogen-bond donors (Lipinski definition) is 0. The van der Waals surface area contributed by atoms with Crippen LogP contribution >= 0.6 is 0 Å². The number of aromatic nitrogens is 4. The van der Waals surface area contributed by atoms with Crippen molar-refractivity contribution in [3.63, 3.8) is 0 Å². The van der Waals surface area contributed by atoms with Gasteiger partial charge in [0.1, 0.15) is 12.1 Å². The number of esters is 1. The summed E-state index contributed by atoms with van der Waals surface area (Å²) in [6.07, 6.45) is 0.347. The van der Waals surface area contributed by atoms with Crippen molar-refractivity contribution in [3.05, 3.63) is 66.0 Å². The normalized spacial score (nSPS) is 11.9. The molecule has 0 fully saturated rings. The number of alkyl halides is 2. The number of ketones is 1. The predicted molar refractivity (Wildman–Crippen MR) is 91.4 cm³/mol. The Morgan fingerprint density at radius 2 is 1.64 bits per heavy atom. The van der Waals surface area contributed by atoms with Crippen molar-refractivity contribution in [1.29, 1.82) is 0 Å². The standard InChI is InChI=1S/C18H14F2N4O4/c1-11(16(25)12-4-8-15(9-5-12)28-18(19)20)27-17(26)13-2-6-14(7-3-13)24-10-21-22-23-24/h2-11,18H,1H3/t11-/m1/s1. The number of hydrogen-bond acceptors (Lipinski definition) is 7. The Kier molecular flexibility index (Phi) is 5.68. The van der Waals surface area contributed by atoms with E-state index in [0.29, 0.717) is 5.69 Å². The number of carbonyl (C=O) groups is 2. The summed E-state index contributed by atoms with van der Waals surface area (Å²) in [6, 6.07) is 11.4. The van der Waals surface area contributed by atoms with Crippen molar-refractivity contribution >= 4 is 11.8 Å². The Balaban J connectivity index is 1.62. The zero-order valence-corrected chi connectivity index (χ0v) is 14.5. The fourth-order valence-electron chi connectivity index (χ4n) is 2.35. The van der Waals surface area contributed by atoms with Crippen LogP contribution in [0.25, 0.3) is 5.69 Å². The van der Waals surface area contributed by atoms with Crippen LogP contribution in [0.2, 0.25) is 0 Å². The number of Topliss-reactive ketones (excluding diaryl/α,β-unsaturated/α-hetero) is 1. The molecule has 0 aliphatic carbocycles. The van der Waals surface area contributed by atoms with Gasteiger partial charge in [0.15, 0.2) is 6.10 Å². The first-order valence-electron chi connectivity index (χ1n) is 8.07. The van der Waals surface area contributed by atoms with Crippen LogP contribution in [0, 0.1) is 0 Å². The summed E-state index contributed by atoms with van der Waals surface area (Å²) in [5, 5.41) is 10.8. The molecule has 2 aromatic carbocycles. The molecule has 0 unspecified atom stereocenters. The Labute approximate surface area is 157 Å². The Morgan fingerprint density at radius 1 is 1.00 bits per heavy atom. The topological polar surface area (TPSA) is 96.2 Å². The largest absolute Gasteiger partial charge is 0.451 e. The van der Waals surface area contributed by atoms with Crippen molar-refractivity contribution in [1.82, 2.24) is 20.2 Å². The number of nitrogens with zero attached hydrogens (tertiary/aromatic N) is 4. The number of ether oxygens (including phenoxy) is 2. The number of rotatable bonds is 7. The summed E-state index contributed by atoms with van der Waals surface area (Å²) < 4.78 is 35.2. The lowest BCUT2D eigenvalue weighted by Crippen LogP contribution is -2.24. The minimum Gasteiger partial charge on any atom is -0.451 e. The van der Waals surface area contributed by atoms with Crippen molar-refractivity contribution in [2.75, 3.05) is 0 Å². The summed E-state index contributed by atoms with van der Waals surface area (Å²) in [5.41, 5.74) is 1.10. The van der Waals surface area contributed by atoms with Gasteiger partial charge < -0.3 is 9.47 Å². The van der Waals surface area contributed by atoms with E-state index < -0.39 is 24.5 Å². The van der Waals surface area contributed by atoms with Crippen LogP contribution in [0.5, 0.6) is 5.75 Å². The van der Waals surface area contributed by atoms with E-state index in [0.717, 1.165) is 0 Å². The second kappa shape index (κ2) is 8.33. The van der Waals surface area contributed by atoms with Crippen LogP contribution in [-0.4, -0.2) is 44.7 Å². The third kappa shape index (κ3) is 4.53. The third-order valence-corrected chi connectivity index (χ3v) is 3.73. The lowest BCUT2D eigenvalue weighted by atomic mass is 10.1. The van der Waals surface area contributed by atoms with Gasteiger partial charge in [0.25, 0.3) is 0 Å². The molecule has 28 heavy (non-hydrogen) atoms. The molecule has 0 aliphatic rings. The molecule has 0 spiro atoms. The van der Waals surface area contributed by atoms with Gasteiger partial charge in [-0.1, -0.05) is 0 Å². The molecule has 10 heteroatoms. The third-order valence-electron chi connectivity index (χ3n) is 3.73. The van der Waals surface area contributed by atoms with Crippen molar-refractivity contribution in [2.45, 2.75) is 19.6 Å². The summed E-state index contributed by atoms with van der Waals surface area (Å²) >= 11 is 0. The van der Waals surface area contributed by atoms with Crippen LogP contribution in [0.3, 0.4) is 0 Å². The highest BCUT2D eigenvalue weighted by Crippen LogP contribution is 2.17. The SMILES string of the molecule is C[C@@H](OC(=O)c1ccc(-n2cnnn2)cc1)C(=O)c1ccc(OC(F)F)cc1. The molecular weight excluding hydrogens is 374 g/mol. The van der Waals surface area contributed by atoms with E-state index in [4.69, 9.17) is 4.74 Å². The van der Waals surface area contributed by atoms with E-state index in [1.807, 2.05) is 0 Å². The second-order valence-corrected chi connectivity index (χ2v) is 5.62. The molecule has 0 N–H and O–H groups in total. The maximum atomic E-state index is 12.4. The fraction of sp³-hybridized carbons (Fsp3) is 0.167. The average Bonchev–Trinajstić information content (AvgIpc) is 3.22. The number of tetrazole rings is 1. The molecule has 8 nitrogen and oxygen atoms in total. The summed E-state index contributed by atoms with van der Waals surface area (Å²) in [6.45, 7) is -1.52. The van der Waals surface area contributed by atoms with Gasteiger partial charge in [-0.2, -0.15) is 8.78 Å². The molecule has 1 heterocycles. The van der Waals surface area contributed by atoms with Gasteiger partial charge in [-0.25, -0.2) is 9.48 Å². The Hall–Kier alpha value is -3.69. The van der Waals surface area contributed by atoms with Crippen molar-refractivity contribution < 1.29 is 27.8 Å². The van der Waals surface area contributed by atoms with Crippen LogP contribution in [0.15, 0.2) is 54.9 Å². The van der Waals surface area contributed by atoms with Gasteiger partial charge in [0.2, 0.25) is 5.78 Å². The molecule has 144 valence electrons. The molecule has 3 rings (SSSR count). The highest BCUT2D eigenvalue weighted by atomic mass is 19.3. The maximum Gasteiger partial charge on any atom is 0.387 e. The zero-order valence-electron chi connectivity index (χ0n) is 14.5. The first kappa shape index (κ1) is 19.1. The van der Waals surface area contributed by atoms with Gasteiger partial charge in [0, 0.05) is 5.56 Å². The number of halogens is 2. The molecule has 1 aromatic heterocycles. The van der Waals surface area contributed by atoms with Gasteiger partial charge in [0.05, 0.1) is 11.3 Å². The lowest BCUT2D eigenvalue weighted by Gasteiger charge is -2.13. The lowest BCUT2D eigenvalue weighted by molar-refractivity contribution is -0.0498. The molecule has 3 aromatic rings. The smallest absolute Gasteiger partial charge is 0.387 e.